The summed E-state index contributed by atoms with van der Waals surface area (Å²) >= 11 is 0. The molecule has 1 N–H and O–H groups in total. The molecule has 0 aromatic carbocycles. The highest BCUT2D eigenvalue weighted by Gasteiger charge is 2.48. The molecule has 0 amide bonds. The number of esters is 1. The van der Waals surface area contributed by atoms with Gasteiger partial charge < -0.3 is 4.74 Å². The van der Waals surface area contributed by atoms with Crippen LogP contribution in [0, 0.1) is 5.92 Å². The predicted octanol–water partition coefficient (Wildman–Crippen LogP) is 3.81. The third-order valence-corrected chi connectivity index (χ3v) is 5.27. The van der Waals surface area contributed by atoms with Crippen LogP contribution >= 0.6 is 0 Å². The molecule has 0 radical (unpaired) electrons. The molecule has 2 aliphatic rings. The maximum Gasteiger partial charge on any atom is 0.326 e. The molecule has 2 aliphatic carbocycles. The Morgan fingerprint density at radius 3 is 2.45 bits per heavy atom. The van der Waals surface area contributed by atoms with E-state index in [-0.39, 0.29) is 5.97 Å². The van der Waals surface area contributed by atoms with Crippen molar-refractivity contribution in [1.82, 2.24) is 5.32 Å². The van der Waals surface area contributed by atoms with Crippen LogP contribution in [-0.2, 0) is 9.53 Å². The highest BCUT2D eigenvalue weighted by molar-refractivity contribution is 5.81. The number of nitrogens with one attached hydrogen (secondary N) is 1. The number of carbonyl (C=O) groups is 1. The van der Waals surface area contributed by atoms with E-state index in [0.29, 0.717) is 18.6 Å². The van der Waals surface area contributed by atoms with E-state index in [1.54, 1.807) is 0 Å². The second-order valence-electron chi connectivity index (χ2n) is 6.52. The molecule has 3 heteroatoms. The van der Waals surface area contributed by atoms with E-state index < -0.39 is 5.54 Å². The van der Waals surface area contributed by atoms with Crippen molar-refractivity contribution in [2.24, 2.45) is 5.92 Å². The molecule has 2 fully saturated rings. The van der Waals surface area contributed by atoms with Gasteiger partial charge in [0.05, 0.1) is 6.61 Å². The van der Waals surface area contributed by atoms with Gasteiger partial charge in [0.15, 0.2) is 0 Å². The average Bonchev–Trinajstić information content (AvgIpc) is 2.49. The summed E-state index contributed by atoms with van der Waals surface area (Å²) in [5.74, 6) is 0.453. The van der Waals surface area contributed by atoms with E-state index in [2.05, 4.69) is 12.2 Å². The number of carbonyl (C=O) groups excluding carboxylic acids is 1. The van der Waals surface area contributed by atoms with Crippen molar-refractivity contribution < 1.29 is 9.53 Å². The lowest BCUT2D eigenvalue weighted by atomic mass is 9.70. The van der Waals surface area contributed by atoms with Crippen LogP contribution in [-0.4, -0.2) is 24.2 Å². The van der Waals surface area contributed by atoms with E-state index in [0.717, 1.165) is 25.7 Å². The molecule has 2 rings (SSSR count). The molecule has 0 aromatic heterocycles. The van der Waals surface area contributed by atoms with E-state index in [1.807, 2.05) is 6.92 Å². The van der Waals surface area contributed by atoms with Gasteiger partial charge in [0.25, 0.3) is 0 Å². The first-order valence-corrected chi connectivity index (χ1v) is 8.68. The van der Waals surface area contributed by atoms with Crippen LogP contribution in [0.2, 0.25) is 0 Å². The molecular weight excluding hydrogens is 250 g/mol. The van der Waals surface area contributed by atoms with Crippen molar-refractivity contribution in [2.75, 3.05) is 6.61 Å². The van der Waals surface area contributed by atoms with Gasteiger partial charge in [0.1, 0.15) is 5.54 Å². The molecule has 0 heterocycles. The van der Waals surface area contributed by atoms with Crippen LogP contribution in [0.5, 0.6) is 0 Å². The van der Waals surface area contributed by atoms with Crippen LogP contribution in [0.1, 0.15) is 78.1 Å². The normalized spacial score (nSPS) is 32.0. The molecular formula is C17H31NO2. The molecule has 116 valence electrons. The van der Waals surface area contributed by atoms with E-state index in [1.165, 1.54) is 38.5 Å². The maximum absolute atomic E-state index is 12.7. The summed E-state index contributed by atoms with van der Waals surface area (Å²) in [4.78, 5) is 12.7. The molecule has 0 bridgehead atoms. The van der Waals surface area contributed by atoms with Crippen molar-refractivity contribution in [2.45, 2.75) is 89.6 Å². The van der Waals surface area contributed by atoms with E-state index in [9.17, 15) is 4.79 Å². The fraction of sp³-hybridized carbons (Fsp3) is 0.941. The van der Waals surface area contributed by atoms with Gasteiger partial charge in [-0.2, -0.15) is 0 Å². The van der Waals surface area contributed by atoms with Crippen molar-refractivity contribution >= 4 is 5.97 Å². The summed E-state index contributed by atoms with van der Waals surface area (Å²) in [5.41, 5.74) is -0.398. The molecule has 2 saturated carbocycles. The second-order valence-corrected chi connectivity index (χ2v) is 6.52. The van der Waals surface area contributed by atoms with Gasteiger partial charge in [0.2, 0.25) is 0 Å². The SMILES string of the molecule is CCOC(=O)C1(NC2CCCCC2)CCCCC1CC. The Hall–Kier alpha value is -0.570. The van der Waals surface area contributed by atoms with Gasteiger partial charge in [-0.3, -0.25) is 10.1 Å². The van der Waals surface area contributed by atoms with Crippen LogP contribution in [0.25, 0.3) is 0 Å². The van der Waals surface area contributed by atoms with Crippen molar-refractivity contribution in [3.63, 3.8) is 0 Å². The summed E-state index contributed by atoms with van der Waals surface area (Å²) in [6.07, 6.45) is 12.0. The Morgan fingerprint density at radius 1 is 1.10 bits per heavy atom. The lowest BCUT2D eigenvalue weighted by Gasteiger charge is -2.45. The lowest BCUT2D eigenvalue weighted by molar-refractivity contribution is -0.156. The Balaban J connectivity index is 2.14. The average molecular weight is 281 g/mol. The Morgan fingerprint density at radius 2 is 1.80 bits per heavy atom. The zero-order chi connectivity index (χ0) is 14.4. The third kappa shape index (κ3) is 3.36. The summed E-state index contributed by atoms with van der Waals surface area (Å²) in [5, 5.41) is 3.78. The van der Waals surface area contributed by atoms with Crippen LogP contribution < -0.4 is 5.32 Å². The van der Waals surface area contributed by atoms with Gasteiger partial charge in [-0.1, -0.05) is 45.4 Å². The van der Waals surface area contributed by atoms with Gasteiger partial charge in [0, 0.05) is 6.04 Å². The first-order chi connectivity index (χ1) is 9.73. The smallest absolute Gasteiger partial charge is 0.326 e. The van der Waals surface area contributed by atoms with Gasteiger partial charge >= 0.3 is 5.97 Å². The Kier molecular flexibility index (Phi) is 5.88. The molecule has 20 heavy (non-hydrogen) atoms. The monoisotopic (exact) mass is 281 g/mol. The van der Waals surface area contributed by atoms with Crippen LogP contribution in [0.3, 0.4) is 0 Å². The highest BCUT2D eigenvalue weighted by atomic mass is 16.5. The minimum atomic E-state index is -0.398. The zero-order valence-corrected chi connectivity index (χ0v) is 13.2. The fourth-order valence-electron chi connectivity index (χ4n) is 4.19. The van der Waals surface area contributed by atoms with Gasteiger partial charge in [-0.15, -0.1) is 0 Å². The standard InChI is InChI=1S/C17H31NO2/c1-3-14-10-8-9-13-17(14,16(19)20-4-2)18-15-11-6-5-7-12-15/h14-15,18H,3-13H2,1-2H3. The third-order valence-electron chi connectivity index (χ3n) is 5.27. The number of ether oxygens (including phenoxy) is 1. The molecule has 2 atom stereocenters. The number of hydrogen-bond donors (Lipinski definition) is 1. The number of hydrogen-bond acceptors (Lipinski definition) is 3. The number of rotatable bonds is 5. The topological polar surface area (TPSA) is 38.3 Å². The molecule has 0 aromatic rings. The quantitative estimate of drug-likeness (QED) is 0.779. The van der Waals surface area contributed by atoms with Crippen LogP contribution in [0.4, 0.5) is 0 Å². The van der Waals surface area contributed by atoms with Gasteiger partial charge in [-0.05, 0) is 38.5 Å². The van der Waals surface area contributed by atoms with Crippen molar-refractivity contribution in [3.05, 3.63) is 0 Å². The zero-order valence-electron chi connectivity index (χ0n) is 13.2. The minimum absolute atomic E-state index is 0.0112. The first kappa shape index (κ1) is 15.8. The first-order valence-electron chi connectivity index (χ1n) is 8.68. The van der Waals surface area contributed by atoms with E-state index in [4.69, 9.17) is 4.74 Å². The molecule has 0 spiro atoms. The fourth-order valence-corrected chi connectivity index (χ4v) is 4.19. The summed E-state index contributed by atoms with van der Waals surface area (Å²) < 4.78 is 5.46. The largest absolute Gasteiger partial charge is 0.465 e. The van der Waals surface area contributed by atoms with Crippen molar-refractivity contribution in [3.8, 4) is 0 Å². The highest BCUT2D eigenvalue weighted by Crippen LogP contribution is 2.38. The lowest BCUT2D eigenvalue weighted by Crippen LogP contribution is -2.62. The van der Waals surface area contributed by atoms with Crippen LogP contribution in [0.15, 0.2) is 0 Å². The predicted molar refractivity (Wildman–Crippen MR) is 81.6 cm³/mol. The van der Waals surface area contributed by atoms with Crippen molar-refractivity contribution in [1.29, 1.82) is 0 Å². The summed E-state index contributed by atoms with van der Waals surface area (Å²) in [6, 6.07) is 0.514. The molecule has 0 aliphatic heterocycles. The van der Waals surface area contributed by atoms with Gasteiger partial charge in [-0.25, -0.2) is 0 Å². The molecule has 0 saturated heterocycles. The maximum atomic E-state index is 12.7. The summed E-state index contributed by atoms with van der Waals surface area (Å²) in [7, 11) is 0. The molecule has 3 nitrogen and oxygen atoms in total. The summed E-state index contributed by atoms with van der Waals surface area (Å²) in [6.45, 7) is 4.62. The molecule has 2 unspecified atom stereocenters. The Labute approximate surface area is 123 Å². The second kappa shape index (κ2) is 7.44. The minimum Gasteiger partial charge on any atom is -0.465 e. The Bertz CT molecular complexity index is 312. The van der Waals surface area contributed by atoms with E-state index >= 15 is 0 Å².